The van der Waals surface area contributed by atoms with E-state index in [1.807, 2.05) is 17.4 Å². The number of benzene rings is 1. The van der Waals surface area contributed by atoms with Gasteiger partial charge in [-0.15, -0.1) is 0 Å². The Bertz CT molecular complexity index is 763. The second-order valence-electron chi connectivity index (χ2n) is 8.16. The Labute approximate surface area is 181 Å². The topological polar surface area (TPSA) is 6.48 Å². The second kappa shape index (κ2) is 9.00. The quantitative estimate of drug-likeness (QED) is 0.285. The van der Waals surface area contributed by atoms with Crippen LogP contribution in [0.25, 0.3) is 0 Å². The van der Waals surface area contributed by atoms with Gasteiger partial charge in [0.15, 0.2) is 0 Å². The normalized spacial score (nSPS) is 18.1. The fourth-order valence-corrected chi connectivity index (χ4v) is 7.12. The molecular formula is C21H30ClN2S3+. The molecule has 1 aromatic heterocycles. The molecule has 1 saturated heterocycles. The van der Waals surface area contributed by atoms with E-state index in [-0.39, 0.29) is 0 Å². The summed E-state index contributed by atoms with van der Waals surface area (Å²) in [5, 5.41) is 3.57. The van der Waals surface area contributed by atoms with Crippen molar-refractivity contribution in [1.82, 2.24) is 4.31 Å². The Morgan fingerprint density at radius 3 is 2.63 bits per heavy atom. The lowest BCUT2D eigenvalue weighted by molar-refractivity contribution is 0.279. The fourth-order valence-electron chi connectivity index (χ4n) is 3.43. The third-order valence-electron chi connectivity index (χ3n) is 5.07. The minimum absolute atomic E-state index is 0.421. The van der Waals surface area contributed by atoms with Gasteiger partial charge in [0, 0.05) is 46.8 Å². The molecule has 0 saturated carbocycles. The van der Waals surface area contributed by atoms with Gasteiger partial charge in [0.2, 0.25) is 4.21 Å². The molecule has 0 radical (unpaired) electrons. The summed E-state index contributed by atoms with van der Waals surface area (Å²) in [6, 6.07) is 8.73. The number of halogens is 1. The van der Waals surface area contributed by atoms with Gasteiger partial charge in [-0.3, -0.25) is 4.31 Å². The maximum atomic E-state index is 6.69. The highest BCUT2D eigenvalue weighted by Gasteiger charge is 2.30. The highest BCUT2D eigenvalue weighted by Crippen LogP contribution is 2.41. The summed E-state index contributed by atoms with van der Waals surface area (Å²) in [5.74, 6) is 0. The molecule has 2 heterocycles. The van der Waals surface area contributed by atoms with Gasteiger partial charge >= 0.3 is 0 Å². The van der Waals surface area contributed by atoms with Gasteiger partial charge < -0.3 is 4.90 Å². The number of anilines is 1. The van der Waals surface area contributed by atoms with Crippen molar-refractivity contribution in [3.8, 4) is 0 Å². The first-order chi connectivity index (χ1) is 12.7. The number of hydrogen-bond acceptors (Lipinski definition) is 4. The number of rotatable bonds is 6. The molecule has 0 N–H and O–H groups in total. The van der Waals surface area contributed by atoms with E-state index in [0.29, 0.717) is 10.7 Å². The zero-order chi connectivity index (χ0) is 19.6. The third-order valence-corrected chi connectivity index (χ3v) is 8.75. The molecule has 27 heavy (non-hydrogen) atoms. The Morgan fingerprint density at radius 1 is 1.26 bits per heavy atom. The maximum absolute atomic E-state index is 6.69. The molecule has 0 amide bonds. The average Bonchev–Trinajstić information content (AvgIpc) is 3.01. The van der Waals surface area contributed by atoms with Crippen LogP contribution in [0.3, 0.4) is 0 Å². The zero-order valence-electron chi connectivity index (χ0n) is 16.8. The van der Waals surface area contributed by atoms with Crippen molar-refractivity contribution in [3.05, 3.63) is 40.2 Å². The van der Waals surface area contributed by atoms with Crippen molar-refractivity contribution in [3.63, 3.8) is 0 Å². The molecule has 1 aliphatic heterocycles. The molecule has 1 aromatic carbocycles. The summed E-state index contributed by atoms with van der Waals surface area (Å²) >= 11 is 11.7. The molecule has 148 valence electrons. The monoisotopic (exact) mass is 441 g/mol. The number of piperidine rings is 1. The predicted molar refractivity (Wildman–Crippen MR) is 126 cm³/mol. The van der Waals surface area contributed by atoms with E-state index >= 15 is 0 Å². The van der Waals surface area contributed by atoms with Gasteiger partial charge in [0.25, 0.3) is 0 Å². The SMILES string of the molecule is CC([SH+]c1cc(SN(C)C)cs1)c1cccc(Cl)c1N1CCC(C)(C)CC1. The van der Waals surface area contributed by atoms with E-state index in [0.717, 1.165) is 18.1 Å². The molecule has 1 fully saturated rings. The van der Waals surface area contributed by atoms with Gasteiger partial charge in [0.05, 0.1) is 10.7 Å². The highest BCUT2D eigenvalue weighted by molar-refractivity contribution is 7.97. The Hall–Kier alpha value is -0.330. The van der Waals surface area contributed by atoms with Crippen LogP contribution in [0.4, 0.5) is 5.69 Å². The standard InChI is InChI=1S/C21H29ClN2S3/c1-15(26-19-13-16(14-25-19)27-23(4)5)17-7-6-8-18(22)20(17)24-11-9-21(2,3)10-12-24/h6-8,13-15H,9-12H2,1-5H3/p+1. The summed E-state index contributed by atoms with van der Waals surface area (Å²) in [5.41, 5.74) is 3.08. The Morgan fingerprint density at radius 2 is 1.96 bits per heavy atom. The number of hydrogen-bond donors (Lipinski definition) is 0. The van der Waals surface area contributed by atoms with Crippen LogP contribution in [-0.2, 0) is 11.8 Å². The van der Waals surface area contributed by atoms with Crippen molar-refractivity contribution in [2.45, 2.75) is 48.0 Å². The summed E-state index contributed by atoms with van der Waals surface area (Å²) in [4.78, 5) is 3.83. The van der Waals surface area contributed by atoms with Gasteiger partial charge in [-0.05, 0) is 57.3 Å². The zero-order valence-corrected chi connectivity index (χ0v) is 20.1. The van der Waals surface area contributed by atoms with Crippen molar-refractivity contribution < 1.29 is 0 Å². The van der Waals surface area contributed by atoms with Crippen LogP contribution in [0.5, 0.6) is 0 Å². The van der Waals surface area contributed by atoms with E-state index < -0.39 is 0 Å². The van der Waals surface area contributed by atoms with E-state index in [2.05, 4.69) is 67.7 Å². The summed E-state index contributed by atoms with van der Waals surface area (Å²) < 4.78 is 3.55. The van der Waals surface area contributed by atoms with Crippen molar-refractivity contribution in [1.29, 1.82) is 0 Å². The molecule has 6 heteroatoms. The molecule has 1 aliphatic rings. The number of nitrogens with zero attached hydrogens (tertiary/aromatic N) is 2. The lowest BCUT2D eigenvalue weighted by atomic mass is 9.82. The van der Waals surface area contributed by atoms with E-state index in [1.54, 1.807) is 11.9 Å². The van der Waals surface area contributed by atoms with Crippen molar-refractivity contribution in [2.75, 3.05) is 32.1 Å². The molecule has 1 atom stereocenters. The van der Waals surface area contributed by atoms with Crippen LogP contribution < -0.4 is 4.90 Å². The van der Waals surface area contributed by atoms with Crippen LogP contribution in [0, 0.1) is 5.41 Å². The first kappa shape index (κ1) is 21.4. The minimum atomic E-state index is 0.421. The first-order valence-corrected chi connectivity index (χ1v) is 12.4. The van der Waals surface area contributed by atoms with Crippen LogP contribution in [0.1, 0.15) is 44.4 Å². The van der Waals surface area contributed by atoms with E-state index in [4.69, 9.17) is 11.6 Å². The van der Waals surface area contributed by atoms with Gasteiger partial charge in [-0.2, -0.15) is 0 Å². The lowest BCUT2D eigenvalue weighted by Crippen LogP contribution is -2.38. The average molecular weight is 442 g/mol. The van der Waals surface area contributed by atoms with Crippen LogP contribution in [-0.4, -0.2) is 31.5 Å². The van der Waals surface area contributed by atoms with Crippen LogP contribution >= 0.6 is 34.9 Å². The van der Waals surface area contributed by atoms with Gasteiger partial charge in [-0.1, -0.05) is 48.9 Å². The largest absolute Gasteiger partial charge is 0.370 e. The summed E-state index contributed by atoms with van der Waals surface area (Å²) in [7, 11) is 4.17. The van der Waals surface area contributed by atoms with Crippen LogP contribution in [0.15, 0.2) is 38.8 Å². The second-order valence-corrected chi connectivity index (χ2v) is 12.7. The summed E-state index contributed by atoms with van der Waals surface area (Å²) in [6.45, 7) is 9.26. The molecule has 0 bridgehead atoms. The predicted octanol–water partition coefficient (Wildman–Crippen LogP) is 6.53. The van der Waals surface area contributed by atoms with Gasteiger partial charge in [0.1, 0.15) is 5.25 Å². The molecule has 3 rings (SSSR count). The van der Waals surface area contributed by atoms with E-state index in [9.17, 15) is 0 Å². The van der Waals surface area contributed by atoms with Crippen LogP contribution in [0.2, 0.25) is 5.02 Å². The first-order valence-electron chi connectivity index (χ1n) is 9.43. The Balaban J connectivity index is 1.78. The Kier molecular flexibility index (Phi) is 7.12. The smallest absolute Gasteiger partial charge is 0.208 e. The molecule has 0 aliphatic carbocycles. The number of para-hydroxylation sites is 1. The fraction of sp³-hybridized carbons (Fsp3) is 0.524. The molecule has 2 aromatic rings. The van der Waals surface area contributed by atoms with Gasteiger partial charge in [-0.25, -0.2) is 0 Å². The van der Waals surface area contributed by atoms with Crippen molar-refractivity contribution in [2.24, 2.45) is 5.41 Å². The lowest BCUT2D eigenvalue weighted by Gasteiger charge is -2.39. The molecular weight excluding hydrogens is 412 g/mol. The third kappa shape index (κ3) is 5.60. The number of thiol groups is 1. The molecule has 1 unspecified atom stereocenters. The van der Waals surface area contributed by atoms with E-state index in [1.165, 1.54) is 45.0 Å². The number of thiophene rings is 1. The highest BCUT2D eigenvalue weighted by atomic mass is 35.5. The molecule has 2 nitrogen and oxygen atoms in total. The van der Waals surface area contributed by atoms with Crippen molar-refractivity contribution >= 4 is 52.3 Å². The minimum Gasteiger partial charge on any atom is -0.370 e. The maximum Gasteiger partial charge on any atom is 0.208 e. The summed E-state index contributed by atoms with van der Waals surface area (Å²) in [6.07, 6.45) is 2.44. The molecule has 0 spiro atoms.